The summed E-state index contributed by atoms with van der Waals surface area (Å²) in [7, 11) is 1.30. The van der Waals surface area contributed by atoms with E-state index < -0.39 is 28.5 Å². The molecule has 0 aromatic heterocycles. The maximum atomic E-state index is 14.6. The van der Waals surface area contributed by atoms with Crippen LogP contribution < -0.4 is 28.6 Å². The molecule has 1 saturated carbocycles. The number of amides is 2. The molecule has 1 atom stereocenters. The first kappa shape index (κ1) is 35.4. The van der Waals surface area contributed by atoms with Crippen molar-refractivity contribution < 1.29 is 37.0 Å². The summed E-state index contributed by atoms with van der Waals surface area (Å²) in [6.07, 6.45) is 4.20. The summed E-state index contributed by atoms with van der Waals surface area (Å²) in [4.78, 5) is 29.7. The van der Waals surface area contributed by atoms with Gasteiger partial charge in [-0.05, 0) is 61.6 Å². The predicted octanol–water partition coefficient (Wildman–Crippen LogP) is 5.09. The van der Waals surface area contributed by atoms with Crippen molar-refractivity contribution in [3.8, 4) is 23.0 Å². The summed E-state index contributed by atoms with van der Waals surface area (Å²) >= 11 is 0. The zero-order chi connectivity index (χ0) is 34.1. The number of carbonyl (C=O) groups is 2. The first-order valence-electron chi connectivity index (χ1n) is 15.7. The molecule has 47 heavy (non-hydrogen) atoms. The number of nitrogens with zero attached hydrogens (tertiary/aromatic N) is 2. The van der Waals surface area contributed by atoms with Gasteiger partial charge in [0.1, 0.15) is 24.1 Å². The van der Waals surface area contributed by atoms with Gasteiger partial charge in [0.2, 0.25) is 11.8 Å². The summed E-state index contributed by atoms with van der Waals surface area (Å²) in [5.41, 5.74) is 1.89. The lowest BCUT2D eigenvalue weighted by molar-refractivity contribution is -0.140. The van der Waals surface area contributed by atoms with E-state index in [2.05, 4.69) is 5.32 Å². The quantitative estimate of drug-likeness (QED) is 0.238. The minimum absolute atomic E-state index is 0.0509. The fourth-order valence-corrected chi connectivity index (χ4v) is 7.30. The molecule has 1 fully saturated rings. The first-order chi connectivity index (χ1) is 22.6. The molecule has 1 unspecified atom stereocenters. The van der Waals surface area contributed by atoms with Crippen LogP contribution in [0.3, 0.4) is 0 Å². The van der Waals surface area contributed by atoms with Gasteiger partial charge in [-0.15, -0.1) is 0 Å². The number of carbonyl (C=O) groups excluding carboxylic acids is 2. The monoisotopic (exact) mass is 667 g/mol. The number of hydrogen-bond acceptors (Lipinski definition) is 8. The Kier molecular flexibility index (Phi) is 12.0. The van der Waals surface area contributed by atoms with Gasteiger partial charge in [0.05, 0.1) is 39.0 Å². The largest absolute Gasteiger partial charge is 0.497 e. The van der Waals surface area contributed by atoms with Gasteiger partial charge in [-0.1, -0.05) is 44.0 Å². The highest BCUT2D eigenvalue weighted by atomic mass is 32.2. The molecule has 0 aliphatic heterocycles. The highest BCUT2D eigenvalue weighted by molar-refractivity contribution is 7.92. The van der Waals surface area contributed by atoms with Crippen molar-refractivity contribution in [2.24, 2.45) is 0 Å². The highest BCUT2D eigenvalue weighted by Gasteiger charge is 2.36. The third kappa shape index (κ3) is 8.10. The van der Waals surface area contributed by atoms with Crippen LogP contribution in [0.2, 0.25) is 0 Å². The van der Waals surface area contributed by atoms with Crippen LogP contribution in [0.4, 0.5) is 5.69 Å². The molecule has 11 nitrogen and oxygen atoms in total. The number of hydrogen-bond donors (Lipinski definition) is 1. The number of benzene rings is 3. The van der Waals surface area contributed by atoms with Crippen LogP contribution in [-0.4, -0.2) is 72.2 Å². The lowest BCUT2D eigenvalue weighted by atomic mass is 10.1. The molecule has 12 heteroatoms. The van der Waals surface area contributed by atoms with E-state index >= 15 is 0 Å². The lowest BCUT2D eigenvalue weighted by Gasteiger charge is -2.34. The van der Waals surface area contributed by atoms with E-state index in [0.29, 0.717) is 17.9 Å². The average molecular weight is 668 g/mol. The Labute approximate surface area is 277 Å². The molecule has 1 aliphatic rings. The van der Waals surface area contributed by atoms with E-state index in [1.807, 2.05) is 38.1 Å². The maximum absolute atomic E-state index is 14.6. The van der Waals surface area contributed by atoms with Crippen LogP contribution in [0, 0.1) is 6.92 Å². The Bertz CT molecular complexity index is 1660. The summed E-state index contributed by atoms with van der Waals surface area (Å²) in [5, 5.41) is 3.14. The number of ether oxygens (including phenoxy) is 4. The van der Waals surface area contributed by atoms with Crippen LogP contribution in [-0.2, 0) is 26.2 Å². The molecule has 0 spiro atoms. The summed E-state index contributed by atoms with van der Waals surface area (Å²) in [6, 6.07) is 15.8. The van der Waals surface area contributed by atoms with Gasteiger partial charge in [-0.2, -0.15) is 0 Å². The van der Waals surface area contributed by atoms with Crippen LogP contribution >= 0.6 is 0 Å². The molecular weight excluding hydrogens is 622 g/mol. The standard InChI is InChI=1S/C35H45N3O8S/c1-7-29(35(40)36-26-14-10-11-15-26)37(22-25-13-9-8-12-24(25)2)34(39)23-38(30-20-27(43-3)16-18-31(30)44-4)47(41,42)28-17-19-32(45-5)33(21-28)46-6/h8-9,12-13,16-21,26,29H,7,10-11,14-15,22-23H2,1-6H3,(H,36,40). The Morgan fingerprint density at radius 1 is 0.872 bits per heavy atom. The smallest absolute Gasteiger partial charge is 0.265 e. The fraction of sp³-hybridized carbons (Fsp3) is 0.429. The van der Waals surface area contributed by atoms with Crippen molar-refractivity contribution in [1.29, 1.82) is 0 Å². The molecule has 4 rings (SSSR count). The third-order valence-electron chi connectivity index (χ3n) is 8.57. The number of anilines is 1. The Morgan fingerprint density at radius 3 is 2.15 bits per heavy atom. The van der Waals surface area contributed by atoms with Crippen LogP contribution in [0.15, 0.2) is 65.6 Å². The van der Waals surface area contributed by atoms with Crippen molar-refractivity contribution in [2.45, 2.75) is 69.5 Å². The van der Waals surface area contributed by atoms with Crippen LogP contribution in [0.1, 0.15) is 50.2 Å². The van der Waals surface area contributed by atoms with Gasteiger partial charge in [-0.25, -0.2) is 8.42 Å². The van der Waals surface area contributed by atoms with Crippen molar-refractivity contribution in [1.82, 2.24) is 10.2 Å². The van der Waals surface area contributed by atoms with Gasteiger partial charge in [0, 0.05) is 24.7 Å². The van der Waals surface area contributed by atoms with Crippen LogP contribution in [0.5, 0.6) is 23.0 Å². The molecule has 3 aromatic carbocycles. The summed E-state index contributed by atoms with van der Waals surface area (Å²) in [6.45, 7) is 3.27. The molecule has 254 valence electrons. The van der Waals surface area contributed by atoms with Gasteiger partial charge in [0.15, 0.2) is 11.5 Å². The molecule has 0 radical (unpaired) electrons. The topological polar surface area (TPSA) is 124 Å². The van der Waals surface area contributed by atoms with Crippen LogP contribution in [0.25, 0.3) is 0 Å². The number of sulfonamides is 1. The Morgan fingerprint density at radius 2 is 1.53 bits per heavy atom. The Balaban J connectivity index is 1.83. The second-order valence-electron chi connectivity index (χ2n) is 11.4. The maximum Gasteiger partial charge on any atom is 0.265 e. The van der Waals surface area contributed by atoms with Crippen molar-refractivity contribution in [3.63, 3.8) is 0 Å². The molecule has 2 amide bonds. The number of rotatable bonds is 15. The molecular formula is C35H45N3O8S. The number of nitrogens with one attached hydrogen (secondary N) is 1. The van der Waals surface area contributed by atoms with E-state index in [9.17, 15) is 18.0 Å². The Hall–Kier alpha value is -4.45. The van der Waals surface area contributed by atoms with Gasteiger partial charge in [-0.3, -0.25) is 13.9 Å². The third-order valence-corrected chi connectivity index (χ3v) is 10.3. The molecule has 1 N–H and O–H groups in total. The van der Waals surface area contributed by atoms with Gasteiger partial charge in [0.25, 0.3) is 10.0 Å². The van der Waals surface area contributed by atoms with Crippen molar-refractivity contribution in [2.75, 3.05) is 39.3 Å². The van der Waals surface area contributed by atoms with E-state index in [4.69, 9.17) is 18.9 Å². The second-order valence-corrected chi connectivity index (χ2v) is 13.3. The second kappa shape index (κ2) is 15.9. The molecule has 0 bridgehead atoms. The summed E-state index contributed by atoms with van der Waals surface area (Å²) in [5.74, 6) is 0.300. The number of aryl methyl sites for hydroxylation is 1. The molecule has 3 aromatic rings. The first-order valence-corrected chi connectivity index (χ1v) is 17.1. The van der Waals surface area contributed by atoms with Gasteiger partial charge >= 0.3 is 0 Å². The normalized spacial score (nSPS) is 13.8. The van der Waals surface area contributed by atoms with Gasteiger partial charge < -0.3 is 29.2 Å². The zero-order valence-electron chi connectivity index (χ0n) is 27.9. The predicted molar refractivity (Wildman–Crippen MR) is 180 cm³/mol. The highest BCUT2D eigenvalue weighted by Crippen LogP contribution is 2.38. The fourth-order valence-electron chi connectivity index (χ4n) is 5.87. The minimum atomic E-state index is -4.44. The average Bonchev–Trinajstić information content (AvgIpc) is 3.60. The molecule has 1 aliphatic carbocycles. The van der Waals surface area contributed by atoms with E-state index in [1.54, 1.807) is 12.1 Å². The zero-order valence-corrected chi connectivity index (χ0v) is 28.8. The van der Waals surface area contributed by atoms with Crippen molar-refractivity contribution in [3.05, 3.63) is 71.8 Å². The van der Waals surface area contributed by atoms with E-state index in [-0.39, 0.29) is 40.6 Å². The SMILES string of the molecule is CCC(C(=O)NC1CCCC1)N(Cc1ccccc1C)C(=O)CN(c1cc(OC)ccc1OC)S(=O)(=O)c1ccc(OC)c(OC)c1. The summed E-state index contributed by atoms with van der Waals surface area (Å²) < 4.78 is 51.8. The number of methoxy groups -OCH3 is 4. The van der Waals surface area contributed by atoms with E-state index in [0.717, 1.165) is 41.1 Å². The van der Waals surface area contributed by atoms with Crippen molar-refractivity contribution >= 4 is 27.5 Å². The minimum Gasteiger partial charge on any atom is -0.497 e. The molecule has 0 heterocycles. The van der Waals surface area contributed by atoms with E-state index in [1.165, 1.54) is 57.6 Å². The molecule has 0 saturated heterocycles. The lowest BCUT2D eigenvalue weighted by Crippen LogP contribution is -2.53.